The maximum Gasteiger partial charge on any atom is 0.306 e. The van der Waals surface area contributed by atoms with E-state index < -0.39 is 5.97 Å². The van der Waals surface area contributed by atoms with E-state index >= 15 is 0 Å². The number of hydrogen-bond acceptors (Lipinski definition) is 3. The molecule has 194 valence electrons. The highest BCUT2D eigenvalue weighted by atomic mass is 16.5. The van der Waals surface area contributed by atoms with Crippen molar-refractivity contribution < 1.29 is 19.4 Å². The first-order chi connectivity index (χ1) is 16.1. The van der Waals surface area contributed by atoms with E-state index in [1.807, 2.05) is 0 Å². The van der Waals surface area contributed by atoms with Gasteiger partial charge >= 0.3 is 11.9 Å². The van der Waals surface area contributed by atoms with E-state index in [2.05, 4.69) is 26.0 Å². The van der Waals surface area contributed by atoms with E-state index in [1.165, 1.54) is 77.0 Å². The molecule has 0 saturated carbocycles. The second-order valence-electron chi connectivity index (χ2n) is 9.58. The van der Waals surface area contributed by atoms with Gasteiger partial charge in [0, 0.05) is 12.8 Å². The number of allylic oxidation sites excluding steroid dienone is 1. The number of carbonyl (C=O) groups excluding carboxylic acids is 1. The van der Waals surface area contributed by atoms with Crippen LogP contribution in [-0.2, 0) is 14.3 Å². The van der Waals surface area contributed by atoms with Gasteiger partial charge in [-0.15, -0.1) is 0 Å². The number of ether oxygens (including phenoxy) is 1. The Morgan fingerprint density at radius 3 is 1.73 bits per heavy atom. The van der Waals surface area contributed by atoms with Crippen molar-refractivity contribution in [2.45, 2.75) is 161 Å². The lowest BCUT2D eigenvalue weighted by Gasteiger charge is -2.15. The number of rotatable bonds is 25. The molecule has 1 unspecified atom stereocenters. The highest BCUT2D eigenvalue weighted by molar-refractivity contribution is 5.69. The van der Waals surface area contributed by atoms with Crippen LogP contribution in [-0.4, -0.2) is 23.1 Å². The summed E-state index contributed by atoms with van der Waals surface area (Å²) in [6.45, 7) is 4.48. The van der Waals surface area contributed by atoms with Crippen molar-refractivity contribution in [3.8, 4) is 0 Å². The number of aliphatic carboxylic acids is 1. The second kappa shape index (κ2) is 25.3. The van der Waals surface area contributed by atoms with Gasteiger partial charge in [0.05, 0.1) is 0 Å². The monoisotopic (exact) mass is 466 g/mol. The van der Waals surface area contributed by atoms with Gasteiger partial charge in [0.15, 0.2) is 0 Å². The van der Waals surface area contributed by atoms with Crippen LogP contribution in [0, 0.1) is 0 Å². The van der Waals surface area contributed by atoms with Crippen molar-refractivity contribution in [2.24, 2.45) is 0 Å². The maximum absolute atomic E-state index is 12.4. The third-order valence-corrected chi connectivity index (χ3v) is 6.22. The van der Waals surface area contributed by atoms with Gasteiger partial charge in [0.1, 0.15) is 6.10 Å². The minimum atomic E-state index is -0.722. The molecule has 0 heterocycles. The first kappa shape index (κ1) is 31.7. The van der Waals surface area contributed by atoms with E-state index in [-0.39, 0.29) is 18.5 Å². The van der Waals surface area contributed by atoms with E-state index in [0.717, 1.165) is 51.4 Å². The minimum Gasteiger partial charge on any atom is -0.481 e. The zero-order chi connectivity index (χ0) is 24.4. The molecule has 0 rings (SSSR count). The predicted molar refractivity (Wildman–Crippen MR) is 140 cm³/mol. The van der Waals surface area contributed by atoms with Crippen molar-refractivity contribution in [3.63, 3.8) is 0 Å². The SMILES string of the molecule is CCCCCCCC/C=C/C(CCCCCCC(=O)O)OC(=O)CCCCCCCCCC. The van der Waals surface area contributed by atoms with Crippen LogP contribution in [0.5, 0.6) is 0 Å². The summed E-state index contributed by atoms with van der Waals surface area (Å²) < 4.78 is 5.79. The van der Waals surface area contributed by atoms with Crippen LogP contribution < -0.4 is 0 Å². The summed E-state index contributed by atoms with van der Waals surface area (Å²) in [5.74, 6) is -0.790. The fourth-order valence-corrected chi connectivity index (χ4v) is 4.09. The molecule has 0 aromatic heterocycles. The molecule has 1 N–H and O–H groups in total. The third-order valence-electron chi connectivity index (χ3n) is 6.22. The number of unbranched alkanes of at least 4 members (excludes halogenated alkanes) is 16. The molecular weight excluding hydrogens is 412 g/mol. The van der Waals surface area contributed by atoms with Gasteiger partial charge in [0.25, 0.3) is 0 Å². The van der Waals surface area contributed by atoms with E-state index in [0.29, 0.717) is 6.42 Å². The standard InChI is InChI=1S/C29H54O4/c1-3-5-7-9-11-13-15-19-23-27(24-20-17-18-21-25-28(30)31)33-29(32)26-22-16-14-12-10-8-6-4-2/h19,23,27H,3-18,20-22,24-26H2,1-2H3,(H,30,31)/b23-19+. The molecule has 0 radical (unpaired) electrons. The lowest BCUT2D eigenvalue weighted by molar-refractivity contribution is -0.147. The summed E-state index contributed by atoms with van der Waals surface area (Å²) in [6.07, 6.45) is 28.0. The highest BCUT2D eigenvalue weighted by Crippen LogP contribution is 2.15. The van der Waals surface area contributed by atoms with Crippen molar-refractivity contribution in [1.82, 2.24) is 0 Å². The maximum atomic E-state index is 12.4. The topological polar surface area (TPSA) is 63.6 Å². The van der Waals surface area contributed by atoms with Gasteiger partial charge < -0.3 is 9.84 Å². The lowest BCUT2D eigenvalue weighted by atomic mass is 10.1. The Morgan fingerprint density at radius 2 is 1.15 bits per heavy atom. The summed E-state index contributed by atoms with van der Waals surface area (Å²) in [5, 5.41) is 8.74. The van der Waals surface area contributed by atoms with Crippen LogP contribution in [0.2, 0.25) is 0 Å². The molecule has 0 amide bonds. The molecule has 1 atom stereocenters. The average Bonchev–Trinajstić information content (AvgIpc) is 2.79. The van der Waals surface area contributed by atoms with Gasteiger partial charge in [-0.25, -0.2) is 0 Å². The van der Waals surface area contributed by atoms with Crippen molar-refractivity contribution in [2.75, 3.05) is 0 Å². The smallest absolute Gasteiger partial charge is 0.306 e. The van der Waals surface area contributed by atoms with Crippen molar-refractivity contribution in [1.29, 1.82) is 0 Å². The Kier molecular flexibility index (Phi) is 24.3. The van der Waals surface area contributed by atoms with Gasteiger partial charge in [-0.05, 0) is 44.6 Å². The van der Waals surface area contributed by atoms with Crippen molar-refractivity contribution in [3.05, 3.63) is 12.2 Å². The van der Waals surface area contributed by atoms with Crippen molar-refractivity contribution >= 4 is 11.9 Å². The number of hydrogen-bond donors (Lipinski definition) is 1. The number of carbonyl (C=O) groups is 2. The van der Waals surface area contributed by atoms with Crippen LogP contribution >= 0.6 is 0 Å². The van der Waals surface area contributed by atoms with E-state index in [4.69, 9.17) is 9.84 Å². The van der Waals surface area contributed by atoms with Crippen LogP contribution in [0.3, 0.4) is 0 Å². The zero-order valence-corrected chi connectivity index (χ0v) is 22.0. The molecule has 0 aliphatic heterocycles. The Bertz CT molecular complexity index is 472. The summed E-state index contributed by atoms with van der Waals surface area (Å²) in [5.41, 5.74) is 0. The van der Waals surface area contributed by atoms with Crippen LogP contribution in [0.25, 0.3) is 0 Å². The van der Waals surface area contributed by atoms with Gasteiger partial charge in [-0.1, -0.05) is 110 Å². The normalized spacial score (nSPS) is 12.3. The second-order valence-corrected chi connectivity index (χ2v) is 9.58. The molecule has 4 heteroatoms. The summed E-state index contributed by atoms with van der Waals surface area (Å²) in [4.78, 5) is 23.0. The zero-order valence-electron chi connectivity index (χ0n) is 22.0. The lowest BCUT2D eigenvalue weighted by Crippen LogP contribution is -2.16. The van der Waals surface area contributed by atoms with Gasteiger partial charge in [-0.3, -0.25) is 9.59 Å². The average molecular weight is 467 g/mol. The summed E-state index contributed by atoms with van der Waals surface area (Å²) in [6, 6.07) is 0. The van der Waals surface area contributed by atoms with E-state index in [9.17, 15) is 9.59 Å². The number of carboxylic acid groups (broad SMARTS) is 1. The third kappa shape index (κ3) is 25.1. The Balaban J connectivity index is 4.15. The Morgan fingerprint density at radius 1 is 0.667 bits per heavy atom. The molecule has 0 bridgehead atoms. The fourth-order valence-electron chi connectivity index (χ4n) is 4.09. The molecule has 0 fully saturated rings. The van der Waals surface area contributed by atoms with Gasteiger partial charge in [-0.2, -0.15) is 0 Å². The van der Waals surface area contributed by atoms with Crippen LogP contribution in [0.15, 0.2) is 12.2 Å². The van der Waals surface area contributed by atoms with Gasteiger partial charge in [0.2, 0.25) is 0 Å². The molecule has 0 saturated heterocycles. The number of carboxylic acids is 1. The summed E-state index contributed by atoms with van der Waals surface area (Å²) >= 11 is 0. The van der Waals surface area contributed by atoms with Crippen LogP contribution in [0.4, 0.5) is 0 Å². The Labute approximate surface area is 204 Å². The molecule has 4 nitrogen and oxygen atoms in total. The largest absolute Gasteiger partial charge is 0.481 e. The highest BCUT2D eigenvalue weighted by Gasteiger charge is 2.11. The molecule has 0 aromatic rings. The van der Waals surface area contributed by atoms with E-state index in [1.54, 1.807) is 0 Å². The molecule has 0 aliphatic carbocycles. The predicted octanol–water partition coefficient (Wildman–Crippen LogP) is 9.16. The molecule has 0 aliphatic rings. The van der Waals surface area contributed by atoms with Crippen LogP contribution in [0.1, 0.15) is 155 Å². The first-order valence-corrected chi connectivity index (χ1v) is 14.2. The number of esters is 1. The Hall–Kier alpha value is -1.32. The minimum absolute atomic E-state index is 0.0684. The molecule has 0 spiro atoms. The fraction of sp³-hybridized carbons (Fsp3) is 0.862. The summed E-state index contributed by atoms with van der Waals surface area (Å²) in [7, 11) is 0. The molecular formula is C29H54O4. The molecule has 0 aromatic carbocycles. The quantitative estimate of drug-likeness (QED) is 0.0827. The first-order valence-electron chi connectivity index (χ1n) is 14.2. The molecule has 33 heavy (non-hydrogen) atoms.